The monoisotopic (exact) mass is 390 g/mol. The van der Waals surface area contributed by atoms with Gasteiger partial charge in [0.25, 0.3) is 0 Å². The highest BCUT2D eigenvalue weighted by Gasteiger charge is 2.50. The molecule has 6 heteroatoms. The van der Waals surface area contributed by atoms with Gasteiger partial charge in [-0.3, -0.25) is 9.79 Å². The first-order chi connectivity index (χ1) is 12.3. The minimum Gasteiger partial charge on any atom is -0.481 e. The summed E-state index contributed by atoms with van der Waals surface area (Å²) in [4.78, 5) is 18.2. The zero-order chi connectivity index (χ0) is 18.6. The summed E-state index contributed by atoms with van der Waals surface area (Å²) in [5.41, 5.74) is 3.62. The van der Waals surface area contributed by atoms with Crippen LogP contribution < -0.4 is 0 Å². The highest BCUT2D eigenvalue weighted by molar-refractivity contribution is 6.45. The van der Waals surface area contributed by atoms with Crippen molar-refractivity contribution in [3.8, 4) is 0 Å². The number of rotatable bonds is 3. The van der Waals surface area contributed by atoms with Gasteiger partial charge in [-0.25, -0.2) is 0 Å². The van der Waals surface area contributed by atoms with Crippen molar-refractivity contribution >= 4 is 35.0 Å². The third-order valence-electron chi connectivity index (χ3n) is 5.51. The molecule has 1 aliphatic carbocycles. The number of aliphatic carboxylic acids is 1. The van der Waals surface area contributed by atoms with Crippen LogP contribution in [0, 0.1) is 25.7 Å². The molecule has 1 aromatic rings. The lowest BCUT2D eigenvalue weighted by Crippen LogP contribution is -2.40. The number of hydrogen-bond donors (Lipinski definition) is 1. The molecule has 1 N–H and O–H groups in total. The van der Waals surface area contributed by atoms with Gasteiger partial charge in [-0.2, -0.15) is 0 Å². The highest BCUT2D eigenvalue weighted by atomic mass is 35.5. The van der Waals surface area contributed by atoms with E-state index in [0.717, 1.165) is 6.42 Å². The van der Waals surface area contributed by atoms with Gasteiger partial charge in [0.05, 0.1) is 28.1 Å². The molecular weight excluding hydrogens is 371 g/mol. The van der Waals surface area contributed by atoms with E-state index in [9.17, 15) is 9.90 Å². The fourth-order valence-corrected chi connectivity index (χ4v) is 4.66. The fourth-order valence-electron chi connectivity index (χ4n) is 4.13. The lowest BCUT2D eigenvalue weighted by Gasteiger charge is -2.40. The molecule has 1 fully saturated rings. The molecule has 4 nitrogen and oxygen atoms in total. The first-order valence-corrected chi connectivity index (χ1v) is 9.51. The predicted molar refractivity (Wildman–Crippen MR) is 103 cm³/mol. The first kappa shape index (κ1) is 17.6. The van der Waals surface area contributed by atoms with E-state index in [1.54, 1.807) is 6.08 Å². The van der Waals surface area contributed by atoms with Crippen LogP contribution in [0.2, 0.25) is 0 Å². The van der Waals surface area contributed by atoms with Gasteiger partial charge in [0.2, 0.25) is 0 Å². The van der Waals surface area contributed by atoms with Crippen molar-refractivity contribution in [2.75, 3.05) is 0 Å². The molecule has 0 aromatic heterocycles. The summed E-state index contributed by atoms with van der Waals surface area (Å²) in [7, 11) is 0. The molecule has 0 saturated heterocycles. The van der Waals surface area contributed by atoms with Crippen LogP contribution in [-0.4, -0.2) is 27.9 Å². The van der Waals surface area contributed by atoms with E-state index >= 15 is 0 Å². The molecule has 2 aliphatic heterocycles. The molecule has 0 spiro atoms. The molecule has 0 bridgehead atoms. The third kappa shape index (κ3) is 3.06. The first-order valence-electron chi connectivity index (χ1n) is 8.76. The maximum atomic E-state index is 11.3. The van der Waals surface area contributed by atoms with E-state index in [0.29, 0.717) is 22.3 Å². The van der Waals surface area contributed by atoms with Gasteiger partial charge in [-0.1, -0.05) is 47.0 Å². The van der Waals surface area contributed by atoms with Crippen molar-refractivity contribution in [3.63, 3.8) is 0 Å². The molecule has 1 aromatic carbocycles. The Balaban J connectivity index is 1.75. The minimum atomic E-state index is -0.728. The molecule has 4 rings (SSSR count). The van der Waals surface area contributed by atoms with Crippen molar-refractivity contribution in [1.29, 1.82) is 0 Å². The summed E-state index contributed by atoms with van der Waals surface area (Å²) in [5.74, 6) is -0.246. The third-order valence-corrected chi connectivity index (χ3v) is 5.99. The van der Waals surface area contributed by atoms with E-state index in [4.69, 9.17) is 28.2 Å². The number of fused-ring (bicyclic) bond motifs is 1. The number of carbonyl (C=O) groups is 1. The predicted octanol–water partition coefficient (Wildman–Crippen LogP) is 4.75. The zero-order valence-electron chi connectivity index (χ0n) is 14.6. The van der Waals surface area contributed by atoms with Gasteiger partial charge in [0.15, 0.2) is 0 Å². The van der Waals surface area contributed by atoms with Crippen LogP contribution in [0.4, 0.5) is 0 Å². The van der Waals surface area contributed by atoms with E-state index in [-0.39, 0.29) is 23.9 Å². The smallest absolute Gasteiger partial charge is 0.306 e. The molecule has 136 valence electrons. The number of allylic oxidation sites excluding steroid dienone is 2. The molecule has 3 aliphatic rings. The Bertz CT molecular complexity index is 875. The van der Waals surface area contributed by atoms with Crippen LogP contribution in [0.3, 0.4) is 0 Å². The number of carboxylic acids is 1. The Morgan fingerprint density at radius 1 is 1.27 bits per heavy atom. The number of nitrogens with zero attached hydrogens (tertiary/aromatic N) is 2. The number of halogens is 2. The Morgan fingerprint density at radius 3 is 2.69 bits per heavy atom. The Morgan fingerprint density at radius 2 is 2.04 bits per heavy atom. The number of benzene rings is 1. The van der Waals surface area contributed by atoms with E-state index < -0.39 is 5.97 Å². The summed E-state index contributed by atoms with van der Waals surface area (Å²) in [5, 5.41) is 10.4. The molecule has 2 heterocycles. The standard InChI is InChI=1S/C20H20Cl2N2O2/c1-10-3-4-13(11(2)5-10)18-8-17(14-7-15(14)20(25)26)23-19-16(22)6-12(21)9-24(18)19/h3-6,9,14-15,17-18H,7-8H2,1-2H3,(H,25,26). The molecule has 1 saturated carbocycles. The second-order valence-corrected chi connectivity index (χ2v) is 8.23. The Labute approximate surface area is 162 Å². The van der Waals surface area contributed by atoms with Crippen LogP contribution in [-0.2, 0) is 4.79 Å². The summed E-state index contributed by atoms with van der Waals surface area (Å²) in [6, 6.07) is 6.41. The topological polar surface area (TPSA) is 52.9 Å². The number of aliphatic imine (C=N–C) groups is 1. The lowest BCUT2D eigenvalue weighted by atomic mass is 9.89. The van der Waals surface area contributed by atoms with Crippen molar-refractivity contribution < 1.29 is 9.90 Å². The molecule has 0 radical (unpaired) electrons. The van der Waals surface area contributed by atoms with Crippen molar-refractivity contribution in [3.05, 3.63) is 57.2 Å². The SMILES string of the molecule is Cc1ccc(C2CC(C3CC3C(=O)O)N=C3C(Cl)=CC(Cl)=CN32)c(C)c1. The maximum Gasteiger partial charge on any atom is 0.306 e. The second kappa shape index (κ2) is 6.43. The highest BCUT2D eigenvalue weighted by Crippen LogP contribution is 2.49. The molecule has 4 unspecified atom stereocenters. The van der Waals surface area contributed by atoms with Gasteiger partial charge in [0, 0.05) is 6.20 Å². The summed E-state index contributed by atoms with van der Waals surface area (Å²) in [6.45, 7) is 4.18. The van der Waals surface area contributed by atoms with E-state index in [1.165, 1.54) is 16.7 Å². The van der Waals surface area contributed by atoms with Crippen LogP contribution >= 0.6 is 23.2 Å². The lowest BCUT2D eigenvalue weighted by molar-refractivity contribution is -0.138. The van der Waals surface area contributed by atoms with Crippen molar-refractivity contribution in [2.45, 2.75) is 38.8 Å². The summed E-state index contributed by atoms with van der Waals surface area (Å²) < 4.78 is 0. The number of carboxylic acid groups (broad SMARTS) is 1. The average Bonchev–Trinajstić information content (AvgIpc) is 3.35. The van der Waals surface area contributed by atoms with Crippen molar-refractivity contribution in [1.82, 2.24) is 4.90 Å². The van der Waals surface area contributed by atoms with Crippen LogP contribution in [0.5, 0.6) is 0 Å². The van der Waals surface area contributed by atoms with Gasteiger partial charge >= 0.3 is 5.97 Å². The van der Waals surface area contributed by atoms with Crippen LogP contribution in [0.1, 0.15) is 35.6 Å². The fraction of sp³-hybridized carbons (Fsp3) is 0.400. The largest absolute Gasteiger partial charge is 0.481 e. The summed E-state index contributed by atoms with van der Waals surface area (Å²) in [6.07, 6.45) is 5.01. The Kier molecular flexibility index (Phi) is 4.36. The van der Waals surface area contributed by atoms with E-state index in [1.807, 2.05) is 11.1 Å². The molecule has 0 amide bonds. The second-order valence-electron chi connectivity index (χ2n) is 7.39. The molecular formula is C20H20Cl2N2O2. The van der Waals surface area contributed by atoms with Crippen LogP contribution in [0.25, 0.3) is 0 Å². The van der Waals surface area contributed by atoms with Gasteiger partial charge in [-0.15, -0.1) is 0 Å². The number of aryl methyl sites for hydroxylation is 2. The quantitative estimate of drug-likeness (QED) is 0.809. The van der Waals surface area contributed by atoms with Crippen molar-refractivity contribution in [2.24, 2.45) is 16.8 Å². The van der Waals surface area contributed by atoms with Crippen LogP contribution in [0.15, 0.2) is 45.5 Å². The van der Waals surface area contributed by atoms with Gasteiger partial charge < -0.3 is 10.0 Å². The Hall–Kier alpha value is -1.78. The van der Waals surface area contributed by atoms with Gasteiger partial charge in [-0.05, 0) is 49.8 Å². The normalized spacial score (nSPS) is 30.2. The van der Waals surface area contributed by atoms with Gasteiger partial charge in [0.1, 0.15) is 5.84 Å². The number of hydrogen-bond acceptors (Lipinski definition) is 3. The molecule has 26 heavy (non-hydrogen) atoms. The van der Waals surface area contributed by atoms with E-state index in [2.05, 4.69) is 32.0 Å². The average molecular weight is 391 g/mol. The molecule has 4 atom stereocenters. The number of amidine groups is 1. The maximum absolute atomic E-state index is 11.3. The minimum absolute atomic E-state index is 0.0411. The zero-order valence-corrected chi connectivity index (χ0v) is 16.1. The summed E-state index contributed by atoms with van der Waals surface area (Å²) >= 11 is 12.7.